The van der Waals surface area contributed by atoms with Crippen LogP contribution in [0.4, 0.5) is 0 Å². The second-order valence-electron chi connectivity index (χ2n) is 5.50. The molecular weight excluding hydrogens is 332 g/mol. The number of carbonyl (C=O) groups excluding carboxylic acids is 2. The molecule has 1 N–H and O–H groups in total. The van der Waals surface area contributed by atoms with Crippen LogP contribution in [0.2, 0.25) is 5.02 Å². The molecule has 23 heavy (non-hydrogen) atoms. The van der Waals surface area contributed by atoms with Gasteiger partial charge >= 0.3 is 0 Å². The average Bonchev–Trinajstić information content (AvgIpc) is 3.03. The maximum Gasteiger partial charge on any atom is 0.251 e. The Morgan fingerprint density at radius 3 is 2.78 bits per heavy atom. The number of carbonyl (C=O) groups is 2. The number of hydrogen-bond donors (Lipinski definition) is 1. The molecule has 0 bridgehead atoms. The van der Waals surface area contributed by atoms with Crippen molar-refractivity contribution >= 4 is 34.8 Å². The van der Waals surface area contributed by atoms with E-state index in [1.807, 2.05) is 11.8 Å². The molecule has 120 valence electrons. The molecule has 4 nitrogen and oxygen atoms in total. The van der Waals surface area contributed by atoms with Crippen LogP contribution in [0.15, 0.2) is 35.7 Å². The number of thiophene rings is 1. The zero-order valence-electron chi connectivity index (χ0n) is 12.7. The van der Waals surface area contributed by atoms with Crippen LogP contribution < -0.4 is 5.32 Å². The van der Waals surface area contributed by atoms with Crippen molar-refractivity contribution in [3.05, 3.63) is 56.7 Å². The fraction of sp³-hybridized carbons (Fsp3) is 0.294. The van der Waals surface area contributed by atoms with Crippen molar-refractivity contribution in [3.63, 3.8) is 0 Å². The van der Waals surface area contributed by atoms with Gasteiger partial charge in [-0.25, -0.2) is 0 Å². The summed E-state index contributed by atoms with van der Waals surface area (Å²) in [6.07, 6.45) is 0.883. The molecule has 0 spiro atoms. The van der Waals surface area contributed by atoms with Crippen molar-refractivity contribution in [1.29, 1.82) is 0 Å². The Labute approximate surface area is 144 Å². The molecule has 1 aliphatic heterocycles. The number of rotatable bonds is 3. The molecule has 0 saturated carbocycles. The fourth-order valence-electron chi connectivity index (χ4n) is 2.81. The molecule has 0 aliphatic carbocycles. The minimum absolute atomic E-state index is 0.00523. The monoisotopic (exact) mass is 348 g/mol. The Morgan fingerprint density at radius 2 is 2.04 bits per heavy atom. The second-order valence-corrected chi connectivity index (χ2v) is 6.94. The summed E-state index contributed by atoms with van der Waals surface area (Å²) in [5, 5.41) is 5.33. The highest BCUT2D eigenvalue weighted by atomic mass is 35.5. The van der Waals surface area contributed by atoms with Crippen LogP contribution in [0.5, 0.6) is 0 Å². The summed E-state index contributed by atoms with van der Waals surface area (Å²) in [6, 6.07) is 8.74. The van der Waals surface area contributed by atoms with Crippen LogP contribution >= 0.6 is 22.9 Å². The molecule has 1 atom stereocenters. The average molecular weight is 349 g/mol. The summed E-state index contributed by atoms with van der Waals surface area (Å²) in [5.74, 6) is -0.326. The highest BCUT2D eigenvalue weighted by Crippen LogP contribution is 2.32. The van der Waals surface area contributed by atoms with Gasteiger partial charge in [-0.1, -0.05) is 11.6 Å². The zero-order valence-corrected chi connectivity index (χ0v) is 14.3. The predicted octanol–water partition coefficient (Wildman–Crippen LogP) is 3.28. The van der Waals surface area contributed by atoms with Gasteiger partial charge in [0.2, 0.25) is 5.91 Å². The van der Waals surface area contributed by atoms with Crippen molar-refractivity contribution in [2.24, 2.45) is 0 Å². The second kappa shape index (κ2) is 6.72. The van der Waals surface area contributed by atoms with E-state index in [4.69, 9.17) is 11.6 Å². The van der Waals surface area contributed by atoms with E-state index in [0.717, 1.165) is 6.42 Å². The standard InChI is InChI=1S/C17H17ClN2O2S/c1-11-14-7-9-23-15(14)6-8-20(11)16(21)10-19-17(22)12-2-4-13(18)5-3-12/h2-5,7,9,11H,6,8,10H2,1H3,(H,19,22)/t11-/m0/s1. The van der Waals surface area contributed by atoms with Gasteiger partial charge in [-0.2, -0.15) is 0 Å². The number of halogens is 1. The van der Waals surface area contributed by atoms with Gasteiger partial charge in [-0.15, -0.1) is 11.3 Å². The minimum Gasteiger partial charge on any atom is -0.343 e. The van der Waals surface area contributed by atoms with E-state index in [9.17, 15) is 9.59 Å². The molecule has 0 fully saturated rings. The van der Waals surface area contributed by atoms with Crippen molar-refractivity contribution in [2.75, 3.05) is 13.1 Å². The topological polar surface area (TPSA) is 49.4 Å². The van der Waals surface area contributed by atoms with Crippen molar-refractivity contribution in [1.82, 2.24) is 10.2 Å². The lowest BCUT2D eigenvalue weighted by Gasteiger charge is -2.33. The molecule has 2 amide bonds. The fourth-order valence-corrected chi connectivity index (χ4v) is 3.90. The van der Waals surface area contributed by atoms with E-state index in [1.54, 1.807) is 35.6 Å². The van der Waals surface area contributed by atoms with Gasteiger partial charge in [0.15, 0.2) is 0 Å². The Bertz CT molecular complexity index is 726. The van der Waals surface area contributed by atoms with Crippen LogP contribution in [0.25, 0.3) is 0 Å². The van der Waals surface area contributed by atoms with E-state index in [0.29, 0.717) is 17.1 Å². The van der Waals surface area contributed by atoms with Gasteiger partial charge < -0.3 is 10.2 Å². The first kappa shape index (κ1) is 16.0. The van der Waals surface area contributed by atoms with Crippen molar-refractivity contribution < 1.29 is 9.59 Å². The first-order chi connectivity index (χ1) is 11.1. The third-order valence-electron chi connectivity index (χ3n) is 4.10. The van der Waals surface area contributed by atoms with Crippen LogP contribution in [0.1, 0.15) is 33.8 Å². The van der Waals surface area contributed by atoms with E-state index < -0.39 is 0 Å². The molecule has 1 aromatic heterocycles. The summed E-state index contributed by atoms with van der Waals surface area (Å²) in [6.45, 7) is 2.74. The summed E-state index contributed by atoms with van der Waals surface area (Å²) < 4.78 is 0. The molecule has 1 aromatic carbocycles. The van der Waals surface area contributed by atoms with Crippen LogP contribution in [0, 0.1) is 0 Å². The number of nitrogens with one attached hydrogen (secondary N) is 1. The normalized spacial score (nSPS) is 16.8. The van der Waals surface area contributed by atoms with Crippen LogP contribution in [0.3, 0.4) is 0 Å². The Hall–Kier alpha value is -1.85. The van der Waals surface area contributed by atoms with Crippen molar-refractivity contribution in [3.8, 4) is 0 Å². The molecule has 2 heterocycles. The minimum atomic E-state index is -0.268. The van der Waals surface area contributed by atoms with Gasteiger partial charge in [0.1, 0.15) is 0 Å². The van der Waals surface area contributed by atoms with E-state index in [-0.39, 0.29) is 24.4 Å². The molecule has 6 heteroatoms. The quantitative estimate of drug-likeness (QED) is 0.925. The lowest BCUT2D eigenvalue weighted by atomic mass is 10.0. The summed E-state index contributed by atoms with van der Waals surface area (Å²) in [4.78, 5) is 27.7. The molecule has 2 aromatic rings. The maximum atomic E-state index is 12.4. The van der Waals surface area contributed by atoms with Crippen LogP contribution in [-0.2, 0) is 11.2 Å². The molecule has 1 aliphatic rings. The first-order valence-corrected chi connectivity index (χ1v) is 8.71. The lowest BCUT2D eigenvalue weighted by molar-refractivity contribution is -0.132. The van der Waals surface area contributed by atoms with E-state index >= 15 is 0 Å². The Morgan fingerprint density at radius 1 is 1.30 bits per heavy atom. The third kappa shape index (κ3) is 3.41. The molecule has 3 rings (SSSR count). The summed E-state index contributed by atoms with van der Waals surface area (Å²) in [5.41, 5.74) is 1.72. The summed E-state index contributed by atoms with van der Waals surface area (Å²) >= 11 is 7.54. The van der Waals surface area contributed by atoms with Crippen LogP contribution in [-0.4, -0.2) is 29.8 Å². The molecule has 0 saturated heterocycles. The molecular formula is C17H17ClN2O2S. The van der Waals surface area contributed by atoms with Gasteiger partial charge in [0.25, 0.3) is 5.91 Å². The van der Waals surface area contributed by atoms with Gasteiger partial charge in [0.05, 0.1) is 12.6 Å². The highest BCUT2D eigenvalue weighted by Gasteiger charge is 2.28. The first-order valence-electron chi connectivity index (χ1n) is 7.46. The smallest absolute Gasteiger partial charge is 0.251 e. The van der Waals surface area contributed by atoms with E-state index in [1.165, 1.54) is 10.4 Å². The SMILES string of the molecule is C[C@H]1c2ccsc2CCN1C(=O)CNC(=O)c1ccc(Cl)cc1. The van der Waals surface area contributed by atoms with Gasteiger partial charge in [-0.3, -0.25) is 9.59 Å². The lowest BCUT2D eigenvalue weighted by Crippen LogP contribution is -2.44. The van der Waals surface area contributed by atoms with Crippen molar-refractivity contribution in [2.45, 2.75) is 19.4 Å². The predicted molar refractivity (Wildman–Crippen MR) is 91.9 cm³/mol. The highest BCUT2D eigenvalue weighted by molar-refractivity contribution is 7.10. The number of fused-ring (bicyclic) bond motifs is 1. The maximum absolute atomic E-state index is 12.4. The number of hydrogen-bond acceptors (Lipinski definition) is 3. The number of benzene rings is 1. The number of nitrogens with zero attached hydrogens (tertiary/aromatic N) is 1. The Balaban J connectivity index is 1.59. The van der Waals surface area contributed by atoms with Gasteiger partial charge in [-0.05, 0) is 54.6 Å². The Kier molecular flexibility index (Phi) is 4.68. The molecule has 0 radical (unpaired) electrons. The third-order valence-corrected chi connectivity index (χ3v) is 5.35. The largest absolute Gasteiger partial charge is 0.343 e. The van der Waals surface area contributed by atoms with E-state index in [2.05, 4.69) is 16.8 Å². The zero-order chi connectivity index (χ0) is 16.4. The molecule has 0 unspecified atom stereocenters. The summed E-state index contributed by atoms with van der Waals surface area (Å²) in [7, 11) is 0. The number of amides is 2. The van der Waals surface area contributed by atoms with Gasteiger partial charge in [0, 0.05) is 22.0 Å².